The highest BCUT2D eigenvalue weighted by molar-refractivity contribution is 5.98. The van der Waals surface area contributed by atoms with Gasteiger partial charge in [0.05, 0.1) is 5.56 Å². The number of carbonyl (C=O) groups is 1. The van der Waals surface area contributed by atoms with Gasteiger partial charge in [-0.1, -0.05) is 49.3 Å². The quantitative estimate of drug-likeness (QED) is 0.582. The third kappa shape index (κ3) is 7.56. The zero-order valence-electron chi connectivity index (χ0n) is 19.5. The number of aliphatic hydroxyl groups is 1. The van der Waals surface area contributed by atoms with Crippen LogP contribution in [0.2, 0.25) is 0 Å². The van der Waals surface area contributed by atoms with Crippen LogP contribution in [0.5, 0.6) is 5.75 Å². The summed E-state index contributed by atoms with van der Waals surface area (Å²) in [5.74, 6) is 0.306. The lowest BCUT2D eigenvalue weighted by atomic mass is 10.0. The van der Waals surface area contributed by atoms with Gasteiger partial charge in [-0.05, 0) is 37.0 Å². The Labute approximate surface area is 169 Å². The lowest BCUT2D eigenvalue weighted by molar-refractivity contribution is 0.0950. The molecule has 5 heteroatoms. The normalized spacial score (nSPS) is 15.3. The van der Waals surface area contributed by atoms with Crippen LogP contribution in [0.4, 0.5) is 0 Å². The molecule has 0 heterocycles. The smallest absolute Gasteiger partial charge is 0.166 e. The maximum Gasteiger partial charge on any atom is 0.166 e. The molecule has 1 unspecified atom stereocenters. The lowest BCUT2D eigenvalue weighted by Crippen LogP contribution is -2.32. The predicted octanol–water partition coefficient (Wildman–Crippen LogP) is 3.66. The first-order valence-corrected chi connectivity index (χ1v) is 8.28. The summed E-state index contributed by atoms with van der Waals surface area (Å²) in [5.41, 5.74) is 1.51. The number of rotatable bonds is 11. The first kappa shape index (κ1) is 15.2. The molecular formula is C21H28ClNO3. The van der Waals surface area contributed by atoms with E-state index < -0.39 is 25.9 Å². The van der Waals surface area contributed by atoms with Crippen molar-refractivity contribution < 1.29 is 21.5 Å². The molecule has 0 saturated carbocycles. The molecule has 2 aromatic rings. The number of ketones is 1. The van der Waals surface area contributed by atoms with E-state index >= 15 is 0 Å². The largest absolute Gasteiger partial charge is 0.490 e. The molecule has 2 N–H and O–H groups in total. The van der Waals surface area contributed by atoms with Crippen molar-refractivity contribution in [1.29, 1.82) is 0 Å². The van der Waals surface area contributed by atoms with Gasteiger partial charge >= 0.3 is 0 Å². The third-order valence-electron chi connectivity index (χ3n) is 3.70. The topological polar surface area (TPSA) is 58.6 Å². The SMILES string of the molecule is Cl.[2H]C([2H])([2H])C([2H])([2H])CNCC(O)COc1ccccc1C(=O)CCc1ccccc1. The number of ether oxygens (including phenoxy) is 1. The lowest BCUT2D eigenvalue weighted by Gasteiger charge is -2.15. The molecule has 0 fully saturated rings. The van der Waals surface area contributed by atoms with E-state index in [4.69, 9.17) is 11.6 Å². The highest BCUT2D eigenvalue weighted by Crippen LogP contribution is 2.20. The van der Waals surface area contributed by atoms with Gasteiger partial charge in [0.15, 0.2) is 5.78 Å². The molecule has 0 amide bonds. The number of halogens is 1. The summed E-state index contributed by atoms with van der Waals surface area (Å²) in [7, 11) is 0. The molecule has 0 aliphatic rings. The number of aliphatic hydroxyl groups excluding tert-OH is 1. The number of aryl methyl sites for hydroxylation is 1. The maximum absolute atomic E-state index is 12.6. The minimum absolute atomic E-state index is 0. The number of nitrogens with one attached hydrogen (secondary N) is 1. The van der Waals surface area contributed by atoms with E-state index in [0.717, 1.165) is 5.56 Å². The number of hydrogen-bond donors (Lipinski definition) is 2. The summed E-state index contributed by atoms with van der Waals surface area (Å²) in [6.07, 6.45) is -2.44. The van der Waals surface area contributed by atoms with Crippen molar-refractivity contribution in [2.24, 2.45) is 0 Å². The van der Waals surface area contributed by atoms with E-state index in [1.165, 1.54) is 0 Å². The van der Waals surface area contributed by atoms with Gasteiger partial charge in [0.1, 0.15) is 18.5 Å². The Morgan fingerprint density at radius 3 is 2.73 bits per heavy atom. The summed E-state index contributed by atoms with van der Waals surface area (Å²) in [5, 5.41) is 12.7. The molecule has 1 atom stereocenters. The summed E-state index contributed by atoms with van der Waals surface area (Å²) in [6, 6.07) is 16.5. The molecule has 2 rings (SSSR count). The first-order valence-electron chi connectivity index (χ1n) is 10.8. The molecule has 26 heavy (non-hydrogen) atoms. The Balaban J connectivity index is 0.00000480. The van der Waals surface area contributed by atoms with Crippen LogP contribution in [0.25, 0.3) is 0 Å². The summed E-state index contributed by atoms with van der Waals surface area (Å²) >= 11 is 0. The van der Waals surface area contributed by atoms with Gasteiger partial charge in [-0.2, -0.15) is 0 Å². The fourth-order valence-corrected chi connectivity index (χ4v) is 2.41. The number of hydrogen-bond acceptors (Lipinski definition) is 4. The number of carbonyl (C=O) groups excluding carboxylic acids is 1. The van der Waals surface area contributed by atoms with Crippen LogP contribution in [-0.2, 0) is 6.42 Å². The van der Waals surface area contributed by atoms with Gasteiger partial charge < -0.3 is 15.2 Å². The summed E-state index contributed by atoms with van der Waals surface area (Å²) in [4.78, 5) is 12.6. The van der Waals surface area contributed by atoms with Crippen LogP contribution in [-0.4, -0.2) is 36.7 Å². The van der Waals surface area contributed by atoms with Gasteiger partial charge in [0, 0.05) is 19.8 Å². The molecule has 4 nitrogen and oxygen atoms in total. The third-order valence-corrected chi connectivity index (χ3v) is 3.70. The first-order chi connectivity index (χ1) is 14.1. The van der Waals surface area contributed by atoms with Crippen LogP contribution in [0, 0.1) is 0 Å². The second-order valence-corrected chi connectivity index (χ2v) is 5.68. The fourth-order valence-electron chi connectivity index (χ4n) is 2.41. The summed E-state index contributed by atoms with van der Waals surface area (Å²) in [6.45, 7) is -3.33. The van der Waals surface area contributed by atoms with Gasteiger partial charge in [0.25, 0.3) is 0 Å². The molecule has 2 aromatic carbocycles. The highest BCUT2D eigenvalue weighted by atomic mass is 35.5. The zero-order valence-corrected chi connectivity index (χ0v) is 15.3. The minimum Gasteiger partial charge on any atom is -0.490 e. The van der Waals surface area contributed by atoms with Crippen molar-refractivity contribution in [2.45, 2.75) is 32.2 Å². The average Bonchev–Trinajstić information content (AvgIpc) is 2.70. The van der Waals surface area contributed by atoms with Gasteiger partial charge in [-0.25, -0.2) is 0 Å². The monoisotopic (exact) mass is 382 g/mol. The van der Waals surface area contributed by atoms with Crippen LogP contribution in [0.3, 0.4) is 0 Å². The minimum atomic E-state index is -2.75. The number of benzene rings is 2. The molecule has 0 spiro atoms. The van der Waals surface area contributed by atoms with E-state index in [9.17, 15) is 9.90 Å². The van der Waals surface area contributed by atoms with Crippen molar-refractivity contribution in [3.8, 4) is 5.75 Å². The highest BCUT2D eigenvalue weighted by Gasteiger charge is 2.13. The Bertz CT molecular complexity index is 818. The van der Waals surface area contributed by atoms with Gasteiger partial charge in [-0.15, -0.1) is 12.4 Å². The van der Waals surface area contributed by atoms with E-state index in [2.05, 4.69) is 5.32 Å². The Morgan fingerprint density at radius 2 is 1.96 bits per heavy atom. The van der Waals surface area contributed by atoms with E-state index in [1.54, 1.807) is 24.3 Å². The molecule has 0 bridgehead atoms. The van der Waals surface area contributed by atoms with Gasteiger partial charge in [-0.3, -0.25) is 4.79 Å². The van der Waals surface area contributed by atoms with Crippen molar-refractivity contribution in [3.05, 3.63) is 65.7 Å². The molecular weight excluding hydrogens is 350 g/mol. The number of para-hydroxylation sites is 1. The second-order valence-electron chi connectivity index (χ2n) is 5.68. The molecule has 0 aromatic heterocycles. The summed E-state index contributed by atoms with van der Waals surface area (Å²) < 4.78 is 42.2. The maximum atomic E-state index is 12.6. The standard InChI is InChI=1S/C21H27NO3.ClH/c1-2-14-22-15-18(23)16-25-21-11-7-6-10-19(21)20(24)13-12-17-8-4-3-5-9-17;/h3-11,18,22-23H,2,12-16H2,1H3;1H/i1D3,2D2;. The van der Waals surface area contributed by atoms with Crippen molar-refractivity contribution in [3.63, 3.8) is 0 Å². The van der Waals surface area contributed by atoms with E-state index in [0.29, 0.717) is 24.2 Å². The van der Waals surface area contributed by atoms with E-state index in [-0.39, 0.29) is 31.3 Å². The van der Waals surface area contributed by atoms with Crippen LogP contribution < -0.4 is 10.1 Å². The van der Waals surface area contributed by atoms with Crippen molar-refractivity contribution in [2.75, 3.05) is 19.7 Å². The Kier molecular flexibility index (Phi) is 7.29. The Hall–Kier alpha value is -1.88. The molecule has 0 aliphatic heterocycles. The van der Waals surface area contributed by atoms with Gasteiger partial charge in [0.2, 0.25) is 0 Å². The molecule has 142 valence electrons. The predicted molar refractivity (Wildman–Crippen MR) is 107 cm³/mol. The molecule has 0 radical (unpaired) electrons. The molecule has 0 aliphatic carbocycles. The van der Waals surface area contributed by atoms with Crippen molar-refractivity contribution >= 4 is 18.2 Å². The van der Waals surface area contributed by atoms with E-state index in [1.807, 2.05) is 30.3 Å². The van der Waals surface area contributed by atoms with Crippen molar-refractivity contribution in [1.82, 2.24) is 5.32 Å². The van der Waals surface area contributed by atoms with Crippen LogP contribution in [0.15, 0.2) is 54.6 Å². The fraction of sp³-hybridized carbons (Fsp3) is 0.381. The van der Waals surface area contributed by atoms with Crippen LogP contribution in [0.1, 0.15) is 42.4 Å². The second kappa shape index (κ2) is 12.5. The Morgan fingerprint density at radius 1 is 1.23 bits per heavy atom. The molecule has 0 saturated heterocycles. The number of Topliss-reactive ketones (excluding diaryl/α,β-unsaturated/α-hetero) is 1. The average molecular weight is 383 g/mol. The zero-order chi connectivity index (χ0) is 22.2. The van der Waals surface area contributed by atoms with Crippen LogP contribution >= 0.6 is 12.4 Å².